The second-order valence-corrected chi connectivity index (χ2v) is 4.50. The van der Waals surface area contributed by atoms with Gasteiger partial charge in [0.2, 0.25) is 0 Å². The van der Waals surface area contributed by atoms with Crippen molar-refractivity contribution in [1.29, 1.82) is 5.26 Å². The summed E-state index contributed by atoms with van der Waals surface area (Å²) in [6, 6.07) is 10.2. The highest BCUT2D eigenvalue weighted by Gasteiger charge is 2.45. The van der Waals surface area contributed by atoms with Gasteiger partial charge in [-0.25, -0.2) is 0 Å². The molecule has 0 aromatic heterocycles. The molecule has 78 valence electrons. The van der Waals surface area contributed by atoms with Gasteiger partial charge in [0, 0.05) is 5.69 Å². The van der Waals surface area contributed by atoms with Gasteiger partial charge in [-0.2, -0.15) is 5.26 Å². The molecule has 1 aliphatic carbocycles. The van der Waals surface area contributed by atoms with Crippen molar-refractivity contribution in [3.05, 3.63) is 29.8 Å². The Kier molecular flexibility index (Phi) is 2.40. The molecule has 0 amide bonds. The molecule has 0 atom stereocenters. The van der Waals surface area contributed by atoms with Gasteiger partial charge in [0.05, 0.1) is 11.5 Å². The van der Waals surface area contributed by atoms with Gasteiger partial charge in [-0.15, -0.1) is 0 Å². The maximum atomic E-state index is 9.30. The molecule has 2 rings (SSSR count). The van der Waals surface area contributed by atoms with Gasteiger partial charge in [0.15, 0.2) is 0 Å². The van der Waals surface area contributed by atoms with E-state index in [4.69, 9.17) is 5.73 Å². The first-order valence-corrected chi connectivity index (χ1v) is 5.47. The number of nitrogens with two attached hydrogens (primary N) is 1. The van der Waals surface area contributed by atoms with Crippen molar-refractivity contribution in [3.63, 3.8) is 0 Å². The summed E-state index contributed by atoms with van der Waals surface area (Å²) in [5, 5.41) is 9.30. The summed E-state index contributed by atoms with van der Waals surface area (Å²) in [5.41, 5.74) is 7.34. The van der Waals surface area contributed by atoms with Crippen LogP contribution in [0, 0.1) is 17.2 Å². The normalized spacial score (nSPS) is 29.2. The summed E-state index contributed by atoms with van der Waals surface area (Å²) >= 11 is 0. The van der Waals surface area contributed by atoms with E-state index in [0.29, 0.717) is 5.92 Å². The smallest absolute Gasteiger partial charge is 0.0828 e. The topological polar surface area (TPSA) is 49.8 Å². The standard InChI is InChI=1S/C13H16N2/c1-2-10-7-13(8-10,9-14)11-4-3-5-12(15)6-11/h3-6,10H,2,7-8,15H2,1H3. The van der Waals surface area contributed by atoms with E-state index in [2.05, 4.69) is 13.0 Å². The van der Waals surface area contributed by atoms with Gasteiger partial charge in [-0.1, -0.05) is 25.5 Å². The zero-order chi connectivity index (χ0) is 10.9. The molecular formula is C13H16N2. The predicted octanol–water partition coefficient (Wildman–Crippen LogP) is 2.85. The lowest BCUT2D eigenvalue weighted by molar-refractivity contribution is 0.192. The molecule has 1 aromatic rings. The lowest BCUT2D eigenvalue weighted by Gasteiger charge is -2.42. The number of nitriles is 1. The quantitative estimate of drug-likeness (QED) is 0.746. The first kappa shape index (κ1) is 10.0. The maximum Gasteiger partial charge on any atom is 0.0828 e. The summed E-state index contributed by atoms with van der Waals surface area (Å²) in [7, 11) is 0. The summed E-state index contributed by atoms with van der Waals surface area (Å²) < 4.78 is 0. The van der Waals surface area contributed by atoms with Crippen molar-refractivity contribution in [1.82, 2.24) is 0 Å². The fraction of sp³-hybridized carbons (Fsp3) is 0.462. The number of nitrogen functional groups attached to an aromatic ring is 1. The van der Waals surface area contributed by atoms with E-state index in [-0.39, 0.29) is 5.41 Å². The molecular weight excluding hydrogens is 184 g/mol. The summed E-state index contributed by atoms with van der Waals surface area (Å²) in [4.78, 5) is 0. The zero-order valence-electron chi connectivity index (χ0n) is 9.03. The zero-order valence-corrected chi connectivity index (χ0v) is 9.03. The van der Waals surface area contributed by atoms with E-state index in [1.165, 1.54) is 6.42 Å². The molecule has 15 heavy (non-hydrogen) atoms. The third-order valence-electron chi connectivity index (χ3n) is 3.50. The Labute approximate surface area is 90.7 Å². The second kappa shape index (κ2) is 3.58. The van der Waals surface area contributed by atoms with Crippen molar-refractivity contribution in [2.75, 3.05) is 5.73 Å². The van der Waals surface area contributed by atoms with Crippen molar-refractivity contribution in [3.8, 4) is 6.07 Å². The summed E-state index contributed by atoms with van der Waals surface area (Å²) in [6.07, 6.45) is 3.15. The van der Waals surface area contributed by atoms with Crippen LogP contribution >= 0.6 is 0 Å². The van der Waals surface area contributed by atoms with Crippen molar-refractivity contribution in [2.24, 2.45) is 5.92 Å². The molecule has 2 heteroatoms. The molecule has 1 saturated carbocycles. The van der Waals surface area contributed by atoms with Crippen LogP contribution < -0.4 is 5.73 Å². The number of hydrogen-bond donors (Lipinski definition) is 1. The SMILES string of the molecule is CCC1CC(C#N)(c2cccc(N)c2)C1. The third kappa shape index (κ3) is 1.59. The van der Waals surface area contributed by atoms with E-state index < -0.39 is 0 Å². The molecule has 0 bridgehead atoms. The summed E-state index contributed by atoms with van der Waals surface area (Å²) in [6.45, 7) is 2.19. The van der Waals surface area contributed by atoms with Crippen LogP contribution in [0.15, 0.2) is 24.3 Å². The van der Waals surface area contributed by atoms with Crippen LogP contribution in [0.2, 0.25) is 0 Å². The van der Waals surface area contributed by atoms with Gasteiger partial charge in [-0.05, 0) is 36.5 Å². The van der Waals surface area contributed by atoms with Crippen LogP contribution in [0.3, 0.4) is 0 Å². The van der Waals surface area contributed by atoms with Crippen molar-refractivity contribution in [2.45, 2.75) is 31.6 Å². The largest absolute Gasteiger partial charge is 0.399 e. The van der Waals surface area contributed by atoms with Gasteiger partial charge in [0.25, 0.3) is 0 Å². The molecule has 0 spiro atoms. The molecule has 0 radical (unpaired) electrons. The molecule has 0 saturated heterocycles. The number of hydrogen-bond acceptors (Lipinski definition) is 2. The molecule has 2 nitrogen and oxygen atoms in total. The van der Waals surface area contributed by atoms with E-state index in [1.54, 1.807) is 0 Å². The average molecular weight is 200 g/mol. The Balaban J connectivity index is 2.26. The van der Waals surface area contributed by atoms with E-state index in [9.17, 15) is 5.26 Å². The van der Waals surface area contributed by atoms with Crippen LogP contribution in [-0.2, 0) is 5.41 Å². The highest BCUT2D eigenvalue weighted by molar-refractivity contribution is 5.46. The minimum Gasteiger partial charge on any atom is -0.399 e. The predicted molar refractivity (Wildman–Crippen MR) is 61.2 cm³/mol. The molecule has 1 aliphatic rings. The molecule has 0 unspecified atom stereocenters. The van der Waals surface area contributed by atoms with Gasteiger partial charge in [0.1, 0.15) is 0 Å². The number of rotatable bonds is 2. The lowest BCUT2D eigenvalue weighted by Crippen LogP contribution is -2.39. The molecule has 0 heterocycles. The summed E-state index contributed by atoms with van der Waals surface area (Å²) in [5.74, 6) is 0.714. The highest BCUT2D eigenvalue weighted by atomic mass is 14.6. The van der Waals surface area contributed by atoms with Gasteiger partial charge in [-0.3, -0.25) is 0 Å². The van der Waals surface area contributed by atoms with E-state index in [0.717, 1.165) is 24.1 Å². The van der Waals surface area contributed by atoms with Crippen LogP contribution in [0.1, 0.15) is 31.7 Å². The van der Waals surface area contributed by atoms with E-state index >= 15 is 0 Å². The maximum absolute atomic E-state index is 9.30. The minimum absolute atomic E-state index is 0.254. The molecule has 0 aliphatic heterocycles. The Bertz CT molecular complexity index is 397. The van der Waals surface area contributed by atoms with Crippen LogP contribution in [0.25, 0.3) is 0 Å². The second-order valence-electron chi connectivity index (χ2n) is 4.50. The van der Waals surface area contributed by atoms with Gasteiger partial charge >= 0.3 is 0 Å². The molecule has 2 N–H and O–H groups in total. The van der Waals surface area contributed by atoms with Crippen molar-refractivity contribution >= 4 is 5.69 Å². The average Bonchev–Trinajstić information content (AvgIpc) is 2.18. The van der Waals surface area contributed by atoms with Crippen LogP contribution in [-0.4, -0.2) is 0 Å². The first-order chi connectivity index (χ1) is 7.20. The molecule has 1 aromatic carbocycles. The third-order valence-corrected chi connectivity index (χ3v) is 3.50. The number of anilines is 1. The fourth-order valence-corrected chi connectivity index (χ4v) is 2.44. The van der Waals surface area contributed by atoms with Crippen molar-refractivity contribution < 1.29 is 0 Å². The molecule has 1 fully saturated rings. The minimum atomic E-state index is -0.254. The first-order valence-electron chi connectivity index (χ1n) is 5.47. The number of benzene rings is 1. The van der Waals surface area contributed by atoms with E-state index in [1.807, 2.05) is 24.3 Å². The van der Waals surface area contributed by atoms with Crippen LogP contribution in [0.4, 0.5) is 5.69 Å². The Morgan fingerprint density at radius 3 is 2.80 bits per heavy atom. The van der Waals surface area contributed by atoms with Crippen LogP contribution in [0.5, 0.6) is 0 Å². The Morgan fingerprint density at radius 2 is 2.27 bits per heavy atom. The number of nitrogens with zero attached hydrogens (tertiary/aromatic N) is 1. The monoisotopic (exact) mass is 200 g/mol. The highest BCUT2D eigenvalue weighted by Crippen LogP contribution is 2.48. The Hall–Kier alpha value is -1.49. The Morgan fingerprint density at radius 1 is 1.53 bits per heavy atom. The fourth-order valence-electron chi connectivity index (χ4n) is 2.44. The van der Waals surface area contributed by atoms with Gasteiger partial charge < -0.3 is 5.73 Å². The lowest BCUT2D eigenvalue weighted by atomic mass is 9.59.